The first-order valence-corrected chi connectivity index (χ1v) is 9.64. The smallest absolute Gasteiger partial charge is 0.294 e. The van der Waals surface area contributed by atoms with Crippen molar-refractivity contribution in [3.8, 4) is 11.5 Å². The zero-order chi connectivity index (χ0) is 18.5. The third kappa shape index (κ3) is 4.22. The van der Waals surface area contributed by atoms with E-state index in [9.17, 15) is 9.59 Å². The third-order valence-corrected chi connectivity index (χ3v) is 5.53. The van der Waals surface area contributed by atoms with Gasteiger partial charge in [0.15, 0.2) is 11.5 Å². The van der Waals surface area contributed by atoms with Gasteiger partial charge in [0.25, 0.3) is 11.1 Å². The summed E-state index contributed by atoms with van der Waals surface area (Å²) in [4.78, 5) is 29.0. The van der Waals surface area contributed by atoms with Gasteiger partial charge in [-0.25, -0.2) is 0 Å². The average molecular weight is 376 g/mol. The van der Waals surface area contributed by atoms with Gasteiger partial charge >= 0.3 is 0 Å². The van der Waals surface area contributed by atoms with Crippen molar-refractivity contribution in [1.29, 1.82) is 0 Å². The molecule has 0 aromatic heterocycles. The first-order chi connectivity index (χ1) is 12.6. The number of imide groups is 1. The number of likely N-dealkylation sites (tertiary alicyclic amines) is 1. The minimum atomic E-state index is -0.223. The molecule has 140 valence electrons. The van der Waals surface area contributed by atoms with Crippen molar-refractivity contribution in [2.45, 2.75) is 25.7 Å². The van der Waals surface area contributed by atoms with Gasteiger partial charge in [-0.15, -0.1) is 0 Å². The van der Waals surface area contributed by atoms with Gasteiger partial charge < -0.3 is 9.47 Å². The molecule has 2 amide bonds. The van der Waals surface area contributed by atoms with Crippen LogP contribution in [0.25, 0.3) is 6.08 Å². The number of methoxy groups -OCH3 is 2. The number of thioether (sulfide) groups is 1. The standard InChI is InChI=1S/C19H24N2O4S/c1-24-15-8-7-14(11-16(15)25-2)12-17-18(22)21(19(23)26-17)13-20-9-5-3-4-6-10-20/h7-8,11-12H,3-6,9-10,13H2,1-2H3/b17-12+. The van der Waals surface area contributed by atoms with Crippen LogP contribution in [-0.2, 0) is 4.79 Å². The molecule has 0 radical (unpaired) electrons. The number of carbonyl (C=O) groups is 2. The molecule has 2 saturated heterocycles. The topological polar surface area (TPSA) is 59.1 Å². The summed E-state index contributed by atoms with van der Waals surface area (Å²) in [6.07, 6.45) is 6.42. The third-order valence-electron chi connectivity index (χ3n) is 4.62. The van der Waals surface area contributed by atoms with Crippen LogP contribution in [0.1, 0.15) is 31.2 Å². The molecule has 0 spiro atoms. The number of ether oxygens (including phenoxy) is 2. The summed E-state index contributed by atoms with van der Waals surface area (Å²) in [5.74, 6) is 0.989. The number of hydrogen-bond acceptors (Lipinski definition) is 6. The highest BCUT2D eigenvalue weighted by molar-refractivity contribution is 8.18. The first-order valence-electron chi connectivity index (χ1n) is 8.82. The fourth-order valence-electron chi connectivity index (χ4n) is 3.19. The molecule has 0 atom stereocenters. The summed E-state index contributed by atoms with van der Waals surface area (Å²) in [5, 5.41) is -0.203. The molecule has 2 aliphatic heterocycles. The summed E-state index contributed by atoms with van der Waals surface area (Å²) < 4.78 is 10.5. The van der Waals surface area contributed by atoms with Crippen LogP contribution in [0.5, 0.6) is 11.5 Å². The minimum absolute atomic E-state index is 0.203. The van der Waals surface area contributed by atoms with Gasteiger partial charge in [-0.05, 0) is 61.5 Å². The highest BCUT2D eigenvalue weighted by Gasteiger charge is 2.36. The Balaban J connectivity index is 1.74. The normalized spacial score (nSPS) is 20.5. The van der Waals surface area contributed by atoms with Gasteiger partial charge in [0.2, 0.25) is 0 Å². The number of amides is 2. The van der Waals surface area contributed by atoms with Gasteiger partial charge in [0, 0.05) is 0 Å². The van der Waals surface area contributed by atoms with Crippen LogP contribution in [0.3, 0.4) is 0 Å². The average Bonchev–Trinajstić information content (AvgIpc) is 2.85. The lowest BCUT2D eigenvalue weighted by molar-refractivity contribution is -0.124. The summed E-state index contributed by atoms with van der Waals surface area (Å²) in [6.45, 7) is 2.26. The molecule has 3 rings (SSSR count). The Kier molecular flexibility index (Phi) is 6.21. The summed E-state index contributed by atoms with van der Waals surface area (Å²) in [7, 11) is 3.14. The van der Waals surface area contributed by atoms with Crippen molar-refractivity contribution in [1.82, 2.24) is 9.80 Å². The monoisotopic (exact) mass is 376 g/mol. The van der Waals surface area contributed by atoms with Crippen molar-refractivity contribution < 1.29 is 19.1 Å². The molecular weight excluding hydrogens is 352 g/mol. The zero-order valence-electron chi connectivity index (χ0n) is 15.2. The maximum Gasteiger partial charge on any atom is 0.294 e. The van der Waals surface area contributed by atoms with Crippen molar-refractivity contribution in [3.05, 3.63) is 28.7 Å². The predicted molar refractivity (Wildman–Crippen MR) is 102 cm³/mol. The molecule has 6 nitrogen and oxygen atoms in total. The molecule has 7 heteroatoms. The maximum absolute atomic E-state index is 12.7. The highest BCUT2D eigenvalue weighted by atomic mass is 32.2. The number of hydrogen-bond donors (Lipinski definition) is 0. The van der Waals surface area contributed by atoms with Crippen LogP contribution in [0, 0.1) is 0 Å². The Labute approximate surface area is 158 Å². The number of nitrogens with zero attached hydrogens (tertiary/aromatic N) is 2. The highest BCUT2D eigenvalue weighted by Crippen LogP contribution is 2.34. The van der Waals surface area contributed by atoms with Gasteiger partial charge in [0.05, 0.1) is 25.8 Å². The molecule has 2 aliphatic rings. The molecule has 26 heavy (non-hydrogen) atoms. The molecule has 2 heterocycles. The lowest BCUT2D eigenvalue weighted by Crippen LogP contribution is -2.40. The Morgan fingerprint density at radius 2 is 1.73 bits per heavy atom. The molecule has 1 aromatic rings. The first kappa shape index (κ1) is 18.8. The lowest BCUT2D eigenvalue weighted by Gasteiger charge is -2.24. The Bertz CT molecular complexity index is 711. The van der Waals surface area contributed by atoms with E-state index in [1.807, 2.05) is 6.07 Å². The van der Waals surface area contributed by atoms with Gasteiger partial charge in [-0.1, -0.05) is 18.9 Å². The lowest BCUT2D eigenvalue weighted by atomic mass is 10.2. The minimum Gasteiger partial charge on any atom is -0.493 e. The largest absolute Gasteiger partial charge is 0.493 e. The molecule has 0 bridgehead atoms. The quantitative estimate of drug-likeness (QED) is 0.732. The second kappa shape index (κ2) is 8.60. The van der Waals surface area contributed by atoms with Crippen molar-refractivity contribution in [2.75, 3.05) is 34.0 Å². The van der Waals surface area contributed by atoms with E-state index in [2.05, 4.69) is 4.90 Å². The number of carbonyl (C=O) groups excluding carboxylic acids is 2. The van der Waals surface area contributed by atoms with Crippen LogP contribution in [0.4, 0.5) is 4.79 Å². The summed E-state index contributed by atoms with van der Waals surface area (Å²) in [5.41, 5.74) is 0.794. The predicted octanol–water partition coefficient (Wildman–Crippen LogP) is 3.57. The van der Waals surface area contributed by atoms with Crippen LogP contribution in [0.2, 0.25) is 0 Å². The van der Waals surface area contributed by atoms with E-state index in [-0.39, 0.29) is 11.1 Å². The fraction of sp³-hybridized carbons (Fsp3) is 0.474. The SMILES string of the molecule is COc1ccc(/C=C2/SC(=O)N(CN3CCCCCC3)C2=O)cc1OC. The number of benzene rings is 1. The molecule has 2 fully saturated rings. The van der Waals surface area contributed by atoms with E-state index in [0.29, 0.717) is 23.1 Å². The molecule has 0 N–H and O–H groups in total. The summed E-state index contributed by atoms with van der Waals surface area (Å²) in [6, 6.07) is 5.41. The van der Waals surface area contributed by atoms with E-state index >= 15 is 0 Å². The Morgan fingerprint density at radius 1 is 1.04 bits per heavy atom. The molecule has 1 aromatic carbocycles. The van der Waals surface area contributed by atoms with Gasteiger partial charge in [-0.3, -0.25) is 19.4 Å². The fourth-order valence-corrected chi connectivity index (χ4v) is 4.02. The van der Waals surface area contributed by atoms with Crippen LogP contribution < -0.4 is 9.47 Å². The summed E-state index contributed by atoms with van der Waals surface area (Å²) >= 11 is 0.994. The van der Waals surface area contributed by atoms with E-state index in [4.69, 9.17) is 9.47 Å². The maximum atomic E-state index is 12.7. The van der Waals surface area contributed by atoms with Crippen LogP contribution in [-0.4, -0.2) is 54.9 Å². The van der Waals surface area contributed by atoms with Gasteiger partial charge in [-0.2, -0.15) is 0 Å². The van der Waals surface area contributed by atoms with Crippen molar-refractivity contribution in [3.63, 3.8) is 0 Å². The van der Waals surface area contributed by atoms with E-state index in [1.54, 1.807) is 32.4 Å². The van der Waals surface area contributed by atoms with Gasteiger partial charge in [0.1, 0.15) is 0 Å². The Morgan fingerprint density at radius 3 is 2.38 bits per heavy atom. The second-order valence-corrected chi connectivity index (χ2v) is 7.39. The number of rotatable bonds is 5. The second-order valence-electron chi connectivity index (χ2n) is 6.40. The molecular formula is C19H24N2O4S. The Hall–Kier alpha value is -1.99. The molecule has 0 aliphatic carbocycles. The molecule has 0 unspecified atom stereocenters. The van der Waals surface area contributed by atoms with E-state index in [0.717, 1.165) is 43.3 Å². The van der Waals surface area contributed by atoms with Crippen molar-refractivity contribution >= 4 is 29.0 Å². The zero-order valence-corrected chi connectivity index (χ0v) is 16.0. The van der Waals surface area contributed by atoms with Crippen LogP contribution >= 0.6 is 11.8 Å². The van der Waals surface area contributed by atoms with Crippen LogP contribution in [0.15, 0.2) is 23.1 Å². The van der Waals surface area contributed by atoms with E-state index < -0.39 is 0 Å². The molecule has 0 saturated carbocycles. The van der Waals surface area contributed by atoms with E-state index in [1.165, 1.54) is 17.7 Å². The van der Waals surface area contributed by atoms with Crippen molar-refractivity contribution in [2.24, 2.45) is 0 Å².